The fourth-order valence-electron chi connectivity index (χ4n) is 3.97. The molecular formula is C26H23F4NO3. The largest absolute Gasteiger partial charge is 0.416 e. The van der Waals surface area contributed by atoms with Crippen LogP contribution in [0.15, 0.2) is 66.7 Å². The van der Waals surface area contributed by atoms with Gasteiger partial charge in [-0.05, 0) is 72.5 Å². The Morgan fingerprint density at radius 1 is 0.971 bits per heavy atom. The molecule has 4 rings (SSSR count). The highest BCUT2D eigenvalue weighted by Crippen LogP contribution is 2.39. The maximum Gasteiger partial charge on any atom is 0.416 e. The molecule has 1 heterocycles. The van der Waals surface area contributed by atoms with Gasteiger partial charge in [0.1, 0.15) is 11.2 Å². The lowest BCUT2D eigenvalue weighted by Gasteiger charge is -2.40. The van der Waals surface area contributed by atoms with Gasteiger partial charge in [0, 0.05) is 5.69 Å². The van der Waals surface area contributed by atoms with Crippen LogP contribution in [0.5, 0.6) is 0 Å². The van der Waals surface area contributed by atoms with Gasteiger partial charge in [0.2, 0.25) is 5.91 Å². The first-order chi connectivity index (χ1) is 15.9. The summed E-state index contributed by atoms with van der Waals surface area (Å²) in [7, 11) is 0. The molecule has 1 aliphatic rings. The number of hydrogen-bond donors (Lipinski definition) is 2. The maximum absolute atomic E-state index is 13.2. The average molecular weight is 473 g/mol. The lowest BCUT2D eigenvalue weighted by atomic mass is 9.77. The number of carbonyl (C=O) groups is 1. The standard InChI is InChI=1S/C26H23F4NO3/c1-24(2,33)22-13-18(26(28,29)30)7-12-21(22)16-3-5-17(6-4-16)25(14-34-15-25)23(32)31-20-10-8-19(27)9-11-20/h3-13,33H,14-15H2,1-2H3,(H,31,32). The van der Waals surface area contributed by atoms with Crippen molar-refractivity contribution in [2.24, 2.45) is 0 Å². The van der Waals surface area contributed by atoms with Crippen molar-refractivity contribution in [2.75, 3.05) is 18.5 Å². The molecule has 3 aromatic rings. The van der Waals surface area contributed by atoms with Crippen LogP contribution in [0.3, 0.4) is 0 Å². The van der Waals surface area contributed by atoms with Gasteiger partial charge in [0.25, 0.3) is 0 Å². The number of benzene rings is 3. The zero-order valence-corrected chi connectivity index (χ0v) is 18.5. The Morgan fingerprint density at radius 2 is 1.59 bits per heavy atom. The molecule has 1 fully saturated rings. The molecule has 1 saturated heterocycles. The summed E-state index contributed by atoms with van der Waals surface area (Å²) in [6.45, 7) is 3.19. The summed E-state index contributed by atoms with van der Waals surface area (Å²) in [5.41, 5.74) is -0.948. The van der Waals surface area contributed by atoms with E-state index < -0.39 is 28.6 Å². The minimum atomic E-state index is -4.53. The van der Waals surface area contributed by atoms with Crippen molar-refractivity contribution in [3.63, 3.8) is 0 Å². The number of aliphatic hydroxyl groups is 1. The van der Waals surface area contributed by atoms with Gasteiger partial charge in [0.15, 0.2) is 0 Å². The zero-order chi connectivity index (χ0) is 24.7. The molecule has 178 valence electrons. The fourth-order valence-corrected chi connectivity index (χ4v) is 3.97. The van der Waals surface area contributed by atoms with Crippen LogP contribution in [-0.2, 0) is 26.7 Å². The first kappa shape index (κ1) is 23.9. The molecule has 0 aromatic heterocycles. The second-order valence-corrected chi connectivity index (χ2v) is 8.93. The van der Waals surface area contributed by atoms with Crippen molar-refractivity contribution in [2.45, 2.75) is 31.0 Å². The van der Waals surface area contributed by atoms with Gasteiger partial charge in [-0.15, -0.1) is 0 Å². The lowest BCUT2D eigenvalue weighted by Crippen LogP contribution is -2.55. The van der Waals surface area contributed by atoms with Crippen molar-refractivity contribution in [1.82, 2.24) is 0 Å². The molecule has 4 nitrogen and oxygen atoms in total. The highest BCUT2D eigenvalue weighted by atomic mass is 19.4. The molecule has 34 heavy (non-hydrogen) atoms. The van der Waals surface area contributed by atoms with Gasteiger partial charge in [-0.2, -0.15) is 13.2 Å². The van der Waals surface area contributed by atoms with E-state index in [2.05, 4.69) is 5.32 Å². The van der Waals surface area contributed by atoms with Gasteiger partial charge in [-0.1, -0.05) is 30.3 Å². The van der Waals surface area contributed by atoms with Crippen LogP contribution in [0.2, 0.25) is 0 Å². The van der Waals surface area contributed by atoms with Crippen LogP contribution in [0, 0.1) is 5.82 Å². The zero-order valence-electron chi connectivity index (χ0n) is 18.5. The van der Waals surface area contributed by atoms with E-state index in [1.807, 2.05) is 0 Å². The fraction of sp³-hybridized carbons (Fsp3) is 0.269. The molecule has 0 radical (unpaired) electrons. The Morgan fingerprint density at radius 3 is 2.09 bits per heavy atom. The van der Waals surface area contributed by atoms with Gasteiger partial charge < -0.3 is 15.2 Å². The predicted molar refractivity (Wildman–Crippen MR) is 120 cm³/mol. The van der Waals surface area contributed by atoms with E-state index in [9.17, 15) is 27.5 Å². The monoisotopic (exact) mass is 473 g/mol. The van der Waals surface area contributed by atoms with Crippen LogP contribution in [0.1, 0.15) is 30.5 Å². The molecule has 3 aromatic carbocycles. The summed E-state index contributed by atoms with van der Waals surface area (Å²) >= 11 is 0. The molecule has 1 aliphatic heterocycles. The smallest absolute Gasteiger partial charge is 0.386 e. The molecule has 0 bridgehead atoms. The summed E-state index contributed by atoms with van der Waals surface area (Å²) in [5.74, 6) is -0.714. The van der Waals surface area contributed by atoms with Gasteiger partial charge in [-0.3, -0.25) is 4.79 Å². The highest BCUT2D eigenvalue weighted by molar-refractivity contribution is 6.00. The maximum atomic E-state index is 13.2. The molecule has 0 atom stereocenters. The first-order valence-electron chi connectivity index (χ1n) is 10.6. The number of alkyl halides is 3. The minimum Gasteiger partial charge on any atom is -0.386 e. The van der Waals surface area contributed by atoms with Crippen LogP contribution in [-0.4, -0.2) is 24.2 Å². The molecule has 0 saturated carbocycles. The SMILES string of the molecule is CC(C)(O)c1cc(C(F)(F)F)ccc1-c1ccc(C2(C(=O)Nc3ccc(F)cc3)COC2)cc1. The molecule has 8 heteroatoms. The minimum absolute atomic E-state index is 0.144. The van der Waals surface area contributed by atoms with E-state index in [1.54, 1.807) is 24.3 Å². The van der Waals surface area contributed by atoms with Gasteiger partial charge >= 0.3 is 6.18 Å². The number of anilines is 1. The Labute approximate surface area is 194 Å². The number of nitrogens with one attached hydrogen (secondary N) is 1. The van der Waals surface area contributed by atoms with Crippen molar-refractivity contribution in [1.29, 1.82) is 0 Å². The van der Waals surface area contributed by atoms with Crippen molar-refractivity contribution in [3.05, 3.63) is 89.2 Å². The van der Waals surface area contributed by atoms with Crippen LogP contribution in [0.25, 0.3) is 11.1 Å². The molecule has 1 amide bonds. The molecule has 0 spiro atoms. The topological polar surface area (TPSA) is 58.6 Å². The van der Waals surface area contributed by atoms with Crippen molar-refractivity contribution in [3.8, 4) is 11.1 Å². The number of hydrogen-bond acceptors (Lipinski definition) is 3. The van der Waals surface area contributed by atoms with E-state index in [-0.39, 0.29) is 24.7 Å². The number of halogens is 4. The Kier molecular flexibility index (Phi) is 5.99. The van der Waals surface area contributed by atoms with Gasteiger partial charge in [0.05, 0.1) is 24.4 Å². The number of carbonyl (C=O) groups excluding carboxylic acids is 1. The van der Waals surface area contributed by atoms with E-state index in [0.29, 0.717) is 22.4 Å². The quantitative estimate of drug-likeness (QED) is 0.471. The lowest BCUT2D eigenvalue weighted by molar-refractivity contribution is -0.139. The Bertz CT molecular complexity index is 1190. The molecule has 2 N–H and O–H groups in total. The highest BCUT2D eigenvalue weighted by Gasteiger charge is 2.47. The van der Waals surface area contributed by atoms with Crippen LogP contribution in [0.4, 0.5) is 23.2 Å². The number of amides is 1. The third-order valence-electron chi connectivity index (χ3n) is 5.99. The number of rotatable bonds is 5. The Hall–Kier alpha value is -3.23. The molecule has 0 aliphatic carbocycles. The second kappa shape index (κ2) is 8.52. The van der Waals surface area contributed by atoms with Gasteiger partial charge in [-0.25, -0.2) is 4.39 Å². The normalized spacial score (nSPS) is 15.5. The first-order valence-corrected chi connectivity index (χ1v) is 10.6. The summed E-state index contributed by atoms with van der Waals surface area (Å²) < 4.78 is 58.2. The van der Waals surface area contributed by atoms with Crippen LogP contribution < -0.4 is 5.32 Å². The third-order valence-corrected chi connectivity index (χ3v) is 5.99. The number of ether oxygens (including phenoxy) is 1. The van der Waals surface area contributed by atoms with E-state index >= 15 is 0 Å². The predicted octanol–water partition coefficient (Wildman–Crippen LogP) is 5.65. The van der Waals surface area contributed by atoms with E-state index in [4.69, 9.17) is 4.74 Å². The summed E-state index contributed by atoms with van der Waals surface area (Å²) in [6.07, 6.45) is -4.53. The van der Waals surface area contributed by atoms with Crippen molar-refractivity contribution >= 4 is 11.6 Å². The van der Waals surface area contributed by atoms with Crippen molar-refractivity contribution < 1.29 is 32.2 Å². The second-order valence-electron chi connectivity index (χ2n) is 8.93. The molecule has 0 unspecified atom stereocenters. The molecular weight excluding hydrogens is 450 g/mol. The Balaban J connectivity index is 1.65. The van der Waals surface area contributed by atoms with E-state index in [1.165, 1.54) is 44.2 Å². The third kappa shape index (κ3) is 4.56. The van der Waals surface area contributed by atoms with E-state index in [0.717, 1.165) is 12.1 Å². The summed E-state index contributed by atoms with van der Waals surface area (Å²) in [4.78, 5) is 13.0. The van der Waals surface area contributed by atoms with Crippen LogP contribution >= 0.6 is 0 Å². The summed E-state index contributed by atoms with van der Waals surface area (Å²) in [5, 5.41) is 13.3. The summed E-state index contributed by atoms with van der Waals surface area (Å²) in [6, 6.07) is 15.6. The average Bonchev–Trinajstić information content (AvgIpc) is 2.73.